The van der Waals surface area contributed by atoms with Gasteiger partial charge in [0.05, 0.1) is 24.2 Å². The van der Waals surface area contributed by atoms with Gasteiger partial charge in [-0.2, -0.15) is 0 Å². The van der Waals surface area contributed by atoms with Crippen LogP contribution in [0.4, 0.5) is 5.69 Å². The Bertz CT molecular complexity index is 1210. The van der Waals surface area contributed by atoms with Crippen LogP contribution in [0.1, 0.15) is 34.5 Å². The molecule has 0 spiro atoms. The van der Waals surface area contributed by atoms with Crippen LogP contribution >= 0.6 is 0 Å². The molecule has 1 atom stereocenters. The standard InChI is InChI=1S/C26H29N3O4S/c1-20(22-10-12-24(13-11-22)29-14-16-33-17-15-29)28-26(30)23-8-5-9-25(18-23)34(31,32)27-19-21-6-3-2-4-7-21/h2-13,18,20,27H,14-17,19H2,1H3,(H,28,30). The molecule has 0 radical (unpaired) electrons. The predicted octanol–water partition coefficient (Wildman–Crippen LogP) is 3.49. The van der Waals surface area contributed by atoms with E-state index in [9.17, 15) is 13.2 Å². The average molecular weight is 480 g/mol. The fourth-order valence-electron chi connectivity index (χ4n) is 3.82. The summed E-state index contributed by atoms with van der Waals surface area (Å²) in [6.45, 7) is 5.27. The zero-order chi connectivity index (χ0) is 24.0. The van der Waals surface area contributed by atoms with Gasteiger partial charge in [0.15, 0.2) is 0 Å². The summed E-state index contributed by atoms with van der Waals surface area (Å²) in [5.74, 6) is -0.329. The van der Waals surface area contributed by atoms with Gasteiger partial charge < -0.3 is 15.0 Å². The summed E-state index contributed by atoms with van der Waals surface area (Å²) in [5, 5.41) is 2.96. The van der Waals surface area contributed by atoms with Crippen LogP contribution in [0.15, 0.2) is 83.8 Å². The van der Waals surface area contributed by atoms with Crippen LogP contribution in [0.5, 0.6) is 0 Å². The Morgan fingerprint density at radius 1 is 0.971 bits per heavy atom. The lowest BCUT2D eigenvalue weighted by molar-refractivity contribution is 0.0939. The first-order valence-electron chi connectivity index (χ1n) is 11.3. The zero-order valence-electron chi connectivity index (χ0n) is 19.1. The maximum atomic E-state index is 12.9. The number of anilines is 1. The van der Waals surface area contributed by atoms with Crippen molar-refractivity contribution >= 4 is 21.6 Å². The number of nitrogens with zero attached hydrogens (tertiary/aromatic N) is 1. The minimum Gasteiger partial charge on any atom is -0.378 e. The fraction of sp³-hybridized carbons (Fsp3) is 0.269. The van der Waals surface area contributed by atoms with E-state index in [0.29, 0.717) is 5.56 Å². The largest absolute Gasteiger partial charge is 0.378 e. The predicted molar refractivity (Wildman–Crippen MR) is 132 cm³/mol. The van der Waals surface area contributed by atoms with E-state index in [-0.39, 0.29) is 23.4 Å². The van der Waals surface area contributed by atoms with E-state index in [2.05, 4.69) is 27.1 Å². The third-order valence-electron chi connectivity index (χ3n) is 5.83. The number of hydrogen-bond acceptors (Lipinski definition) is 5. The molecule has 2 N–H and O–H groups in total. The molecular formula is C26H29N3O4S. The molecular weight excluding hydrogens is 450 g/mol. The minimum atomic E-state index is -3.75. The number of amides is 1. The number of hydrogen-bond donors (Lipinski definition) is 2. The molecule has 1 unspecified atom stereocenters. The topological polar surface area (TPSA) is 87.7 Å². The van der Waals surface area contributed by atoms with Crippen LogP contribution in [0, 0.1) is 0 Å². The maximum Gasteiger partial charge on any atom is 0.251 e. The van der Waals surface area contributed by atoms with Crippen LogP contribution < -0.4 is 14.9 Å². The van der Waals surface area contributed by atoms with E-state index in [1.165, 1.54) is 12.1 Å². The summed E-state index contributed by atoms with van der Waals surface area (Å²) in [6, 6.07) is 23.2. The first-order chi connectivity index (χ1) is 16.4. The summed E-state index contributed by atoms with van der Waals surface area (Å²) in [4.78, 5) is 15.2. The molecule has 4 rings (SSSR count). The highest BCUT2D eigenvalue weighted by atomic mass is 32.2. The monoisotopic (exact) mass is 479 g/mol. The molecule has 1 aliphatic heterocycles. The lowest BCUT2D eigenvalue weighted by atomic mass is 10.1. The third kappa shape index (κ3) is 6.02. The molecule has 0 bridgehead atoms. The summed E-state index contributed by atoms with van der Waals surface area (Å²) in [7, 11) is -3.75. The maximum absolute atomic E-state index is 12.9. The molecule has 34 heavy (non-hydrogen) atoms. The summed E-state index contributed by atoms with van der Waals surface area (Å²) in [6.07, 6.45) is 0. The third-order valence-corrected chi connectivity index (χ3v) is 7.23. The first-order valence-corrected chi connectivity index (χ1v) is 12.8. The molecule has 8 heteroatoms. The van der Waals surface area contributed by atoms with Gasteiger partial charge in [-0.1, -0.05) is 48.5 Å². The van der Waals surface area contributed by atoms with Gasteiger partial charge in [0, 0.05) is 30.9 Å². The van der Waals surface area contributed by atoms with Crippen molar-refractivity contribution in [2.75, 3.05) is 31.2 Å². The number of carbonyl (C=O) groups is 1. The molecule has 3 aromatic carbocycles. The van der Waals surface area contributed by atoms with Gasteiger partial charge in [-0.3, -0.25) is 4.79 Å². The first kappa shape index (κ1) is 23.9. The number of carbonyl (C=O) groups excluding carboxylic acids is 1. The van der Waals surface area contributed by atoms with Crippen LogP contribution in [-0.4, -0.2) is 40.6 Å². The fourth-order valence-corrected chi connectivity index (χ4v) is 4.88. The van der Waals surface area contributed by atoms with E-state index < -0.39 is 10.0 Å². The molecule has 7 nitrogen and oxygen atoms in total. The highest BCUT2D eigenvalue weighted by Crippen LogP contribution is 2.21. The van der Waals surface area contributed by atoms with Gasteiger partial charge >= 0.3 is 0 Å². The van der Waals surface area contributed by atoms with Crippen LogP contribution in [0.25, 0.3) is 0 Å². The smallest absolute Gasteiger partial charge is 0.251 e. The van der Waals surface area contributed by atoms with E-state index in [4.69, 9.17) is 4.74 Å². The van der Waals surface area contributed by atoms with Crippen molar-refractivity contribution in [2.24, 2.45) is 0 Å². The van der Waals surface area contributed by atoms with Crippen molar-refractivity contribution in [3.63, 3.8) is 0 Å². The Morgan fingerprint density at radius 3 is 2.38 bits per heavy atom. The Kier molecular flexibility index (Phi) is 7.62. The quantitative estimate of drug-likeness (QED) is 0.516. The lowest BCUT2D eigenvalue weighted by Gasteiger charge is -2.29. The van der Waals surface area contributed by atoms with Crippen molar-refractivity contribution in [2.45, 2.75) is 24.4 Å². The molecule has 0 aliphatic carbocycles. The number of ether oxygens (including phenoxy) is 1. The van der Waals surface area contributed by atoms with Crippen molar-refractivity contribution in [1.29, 1.82) is 0 Å². The number of sulfonamides is 1. The summed E-state index contributed by atoms with van der Waals surface area (Å²) >= 11 is 0. The SMILES string of the molecule is CC(NC(=O)c1cccc(S(=O)(=O)NCc2ccccc2)c1)c1ccc(N2CCOCC2)cc1. The Hall–Kier alpha value is -3.20. The van der Waals surface area contributed by atoms with E-state index in [1.54, 1.807) is 12.1 Å². The number of rotatable bonds is 8. The molecule has 0 aromatic heterocycles. The molecule has 3 aromatic rings. The number of morpholine rings is 1. The van der Waals surface area contributed by atoms with E-state index in [1.807, 2.05) is 49.4 Å². The molecule has 1 fully saturated rings. The van der Waals surface area contributed by atoms with Gasteiger partial charge in [-0.05, 0) is 48.4 Å². The van der Waals surface area contributed by atoms with Gasteiger partial charge in [0.1, 0.15) is 0 Å². The minimum absolute atomic E-state index is 0.0543. The molecule has 1 saturated heterocycles. The van der Waals surface area contributed by atoms with Gasteiger partial charge in [-0.15, -0.1) is 0 Å². The van der Waals surface area contributed by atoms with Crippen molar-refractivity contribution in [3.8, 4) is 0 Å². The molecule has 1 heterocycles. The Morgan fingerprint density at radius 2 is 1.68 bits per heavy atom. The number of nitrogens with one attached hydrogen (secondary N) is 2. The molecule has 1 amide bonds. The second kappa shape index (κ2) is 10.8. The second-order valence-electron chi connectivity index (χ2n) is 8.22. The van der Waals surface area contributed by atoms with Crippen molar-refractivity contribution in [3.05, 3.63) is 95.6 Å². The van der Waals surface area contributed by atoms with E-state index >= 15 is 0 Å². The summed E-state index contributed by atoms with van der Waals surface area (Å²) < 4.78 is 33.5. The number of benzene rings is 3. The lowest BCUT2D eigenvalue weighted by Crippen LogP contribution is -2.36. The molecule has 1 aliphatic rings. The second-order valence-corrected chi connectivity index (χ2v) is 9.99. The van der Waals surface area contributed by atoms with Crippen LogP contribution in [0.3, 0.4) is 0 Å². The molecule has 0 saturated carbocycles. The molecule has 178 valence electrons. The average Bonchev–Trinajstić information content (AvgIpc) is 2.89. The summed E-state index contributed by atoms with van der Waals surface area (Å²) in [5.41, 5.74) is 3.25. The Labute approximate surface area is 200 Å². The van der Waals surface area contributed by atoms with Gasteiger partial charge in [0.2, 0.25) is 10.0 Å². The normalized spacial score (nSPS) is 15.0. The van der Waals surface area contributed by atoms with E-state index in [0.717, 1.165) is 43.1 Å². The van der Waals surface area contributed by atoms with Gasteiger partial charge in [0.25, 0.3) is 5.91 Å². The van der Waals surface area contributed by atoms with Gasteiger partial charge in [-0.25, -0.2) is 13.1 Å². The Balaban J connectivity index is 1.39. The highest BCUT2D eigenvalue weighted by Gasteiger charge is 2.18. The van der Waals surface area contributed by atoms with Crippen LogP contribution in [0.2, 0.25) is 0 Å². The van der Waals surface area contributed by atoms with Crippen molar-refractivity contribution < 1.29 is 17.9 Å². The van der Waals surface area contributed by atoms with Crippen molar-refractivity contribution in [1.82, 2.24) is 10.0 Å². The zero-order valence-corrected chi connectivity index (χ0v) is 19.9. The highest BCUT2D eigenvalue weighted by molar-refractivity contribution is 7.89. The van der Waals surface area contributed by atoms with Crippen LogP contribution in [-0.2, 0) is 21.3 Å².